The van der Waals surface area contributed by atoms with Gasteiger partial charge in [-0.05, 0) is 48.9 Å². The monoisotopic (exact) mass is 476 g/mol. The number of rotatable bonds is 8. The molecule has 0 saturated carbocycles. The van der Waals surface area contributed by atoms with Gasteiger partial charge in [0, 0.05) is 35.8 Å². The van der Waals surface area contributed by atoms with E-state index in [1.54, 1.807) is 32.5 Å². The van der Waals surface area contributed by atoms with Gasteiger partial charge in [-0.25, -0.2) is 0 Å². The van der Waals surface area contributed by atoms with Crippen molar-refractivity contribution in [3.8, 4) is 22.8 Å². The van der Waals surface area contributed by atoms with Crippen LogP contribution in [0, 0.1) is 17.0 Å². The number of methoxy groups -OCH3 is 1. The summed E-state index contributed by atoms with van der Waals surface area (Å²) >= 11 is 1.21. The van der Waals surface area contributed by atoms with Gasteiger partial charge in [-0.3, -0.25) is 24.5 Å². The Morgan fingerprint density at radius 3 is 2.53 bits per heavy atom. The molecule has 2 aromatic heterocycles. The number of nitro benzene ring substituents is 1. The molecule has 0 radical (unpaired) electrons. The molecule has 0 fully saturated rings. The highest BCUT2D eigenvalue weighted by Crippen LogP contribution is 2.29. The van der Waals surface area contributed by atoms with E-state index in [1.165, 1.54) is 23.9 Å². The van der Waals surface area contributed by atoms with Crippen molar-refractivity contribution in [2.24, 2.45) is 0 Å². The summed E-state index contributed by atoms with van der Waals surface area (Å²) in [5.41, 5.74) is 2.66. The molecule has 0 aliphatic carbocycles. The van der Waals surface area contributed by atoms with Crippen LogP contribution < -0.4 is 10.1 Å². The minimum atomic E-state index is -0.498. The maximum Gasteiger partial charge on any atom is 0.271 e. The molecule has 0 unspecified atom stereocenters. The molecular formula is C23H20N6O4S. The third-order valence-corrected chi connectivity index (χ3v) is 5.87. The molecule has 0 aliphatic heterocycles. The third-order valence-electron chi connectivity index (χ3n) is 4.94. The molecule has 0 atom stereocenters. The van der Waals surface area contributed by atoms with Crippen LogP contribution >= 0.6 is 11.8 Å². The number of hydrogen-bond donors (Lipinski definition) is 1. The average Bonchev–Trinajstić information content (AvgIpc) is 3.28. The molecule has 1 amide bonds. The predicted molar refractivity (Wildman–Crippen MR) is 128 cm³/mol. The number of anilines is 1. The first-order chi connectivity index (χ1) is 16.5. The number of ether oxygens (including phenoxy) is 1. The van der Waals surface area contributed by atoms with Crippen LogP contribution in [-0.4, -0.2) is 43.4 Å². The topological polar surface area (TPSA) is 125 Å². The first kappa shape index (κ1) is 22.9. The maximum absolute atomic E-state index is 12.6. The number of carbonyl (C=O) groups is 1. The van der Waals surface area contributed by atoms with Crippen LogP contribution in [0.25, 0.3) is 17.1 Å². The lowest BCUT2D eigenvalue weighted by Crippen LogP contribution is -2.15. The van der Waals surface area contributed by atoms with Gasteiger partial charge in [-0.2, -0.15) is 0 Å². The quantitative estimate of drug-likeness (QED) is 0.227. The summed E-state index contributed by atoms with van der Waals surface area (Å²) in [6.45, 7) is 1.77. The zero-order chi connectivity index (χ0) is 24.1. The van der Waals surface area contributed by atoms with E-state index in [-0.39, 0.29) is 17.3 Å². The number of pyridine rings is 1. The Hall–Kier alpha value is -4.25. The molecular weight excluding hydrogens is 456 g/mol. The summed E-state index contributed by atoms with van der Waals surface area (Å²) in [7, 11) is 1.60. The number of benzene rings is 2. The summed E-state index contributed by atoms with van der Waals surface area (Å²) in [6, 6.07) is 15.4. The number of amides is 1. The number of thioether (sulfide) groups is 1. The van der Waals surface area contributed by atoms with E-state index in [0.29, 0.717) is 22.4 Å². The van der Waals surface area contributed by atoms with Crippen LogP contribution in [-0.2, 0) is 4.79 Å². The average molecular weight is 477 g/mol. The van der Waals surface area contributed by atoms with Gasteiger partial charge in [0.05, 0.1) is 23.5 Å². The van der Waals surface area contributed by atoms with Gasteiger partial charge < -0.3 is 10.1 Å². The van der Waals surface area contributed by atoms with Gasteiger partial charge >= 0.3 is 0 Å². The fourth-order valence-corrected chi connectivity index (χ4v) is 3.94. The highest BCUT2D eigenvalue weighted by molar-refractivity contribution is 7.99. The summed E-state index contributed by atoms with van der Waals surface area (Å²) < 4.78 is 7.10. The van der Waals surface area contributed by atoms with E-state index < -0.39 is 4.92 Å². The second-order valence-electron chi connectivity index (χ2n) is 7.17. The van der Waals surface area contributed by atoms with Crippen molar-refractivity contribution in [2.45, 2.75) is 12.1 Å². The Balaban J connectivity index is 1.58. The van der Waals surface area contributed by atoms with Crippen LogP contribution in [0.3, 0.4) is 0 Å². The number of non-ortho nitro benzene ring substituents is 1. The van der Waals surface area contributed by atoms with E-state index >= 15 is 0 Å². The van der Waals surface area contributed by atoms with E-state index in [1.807, 2.05) is 41.0 Å². The summed E-state index contributed by atoms with van der Waals surface area (Å²) in [4.78, 5) is 27.2. The lowest BCUT2D eigenvalue weighted by molar-refractivity contribution is -0.384. The SMILES string of the molecule is COc1ccc(-n2c(SCC(=O)Nc3cc([N+](=O)[O-])ccc3C)nnc2-c2ccncc2)cc1. The standard InChI is InChI=1S/C23H20N6O4S/c1-15-3-4-18(29(31)32)13-20(15)25-21(30)14-34-23-27-26-22(16-9-11-24-12-10-16)28(23)17-5-7-19(33-2)8-6-17/h3-13H,14H2,1-2H3,(H,25,30). The number of carbonyl (C=O) groups excluding carboxylic acids is 1. The number of nitro groups is 1. The largest absolute Gasteiger partial charge is 0.497 e. The number of aryl methyl sites for hydroxylation is 1. The van der Waals surface area contributed by atoms with E-state index in [2.05, 4.69) is 20.5 Å². The molecule has 11 heteroatoms. The number of hydrogen-bond acceptors (Lipinski definition) is 8. The van der Waals surface area contributed by atoms with Gasteiger partial charge in [0.1, 0.15) is 5.75 Å². The Morgan fingerprint density at radius 2 is 1.85 bits per heavy atom. The number of nitrogens with one attached hydrogen (secondary N) is 1. The van der Waals surface area contributed by atoms with Crippen molar-refractivity contribution >= 4 is 29.0 Å². The summed E-state index contributed by atoms with van der Waals surface area (Å²) in [6.07, 6.45) is 3.34. The Labute approximate surface area is 199 Å². The lowest BCUT2D eigenvalue weighted by atomic mass is 10.2. The van der Waals surface area contributed by atoms with E-state index in [0.717, 1.165) is 16.8 Å². The zero-order valence-electron chi connectivity index (χ0n) is 18.3. The Bertz CT molecular complexity index is 1330. The van der Waals surface area contributed by atoms with Crippen LogP contribution in [0.1, 0.15) is 5.56 Å². The van der Waals surface area contributed by atoms with E-state index in [4.69, 9.17) is 4.74 Å². The van der Waals surface area contributed by atoms with Crippen molar-refractivity contribution in [1.82, 2.24) is 19.7 Å². The van der Waals surface area contributed by atoms with Gasteiger partial charge in [0.15, 0.2) is 11.0 Å². The molecule has 0 spiro atoms. The van der Waals surface area contributed by atoms with Crippen molar-refractivity contribution < 1.29 is 14.5 Å². The van der Waals surface area contributed by atoms with Crippen LogP contribution in [0.4, 0.5) is 11.4 Å². The molecule has 172 valence electrons. The van der Waals surface area contributed by atoms with Gasteiger partial charge in [-0.15, -0.1) is 10.2 Å². The number of aromatic nitrogens is 4. The molecule has 0 bridgehead atoms. The molecule has 4 rings (SSSR count). The van der Waals surface area contributed by atoms with Crippen molar-refractivity contribution in [2.75, 3.05) is 18.2 Å². The first-order valence-electron chi connectivity index (χ1n) is 10.1. The molecule has 2 heterocycles. The fraction of sp³-hybridized carbons (Fsp3) is 0.130. The van der Waals surface area contributed by atoms with Crippen molar-refractivity contribution in [3.63, 3.8) is 0 Å². The molecule has 1 N–H and O–H groups in total. The molecule has 0 saturated heterocycles. The number of nitrogens with zero attached hydrogens (tertiary/aromatic N) is 5. The summed E-state index contributed by atoms with van der Waals surface area (Å²) in [5, 5.41) is 22.9. The predicted octanol–water partition coefficient (Wildman–Crippen LogP) is 4.29. The second kappa shape index (κ2) is 10.1. The second-order valence-corrected chi connectivity index (χ2v) is 8.11. The smallest absolute Gasteiger partial charge is 0.271 e. The first-order valence-corrected chi connectivity index (χ1v) is 11.1. The zero-order valence-corrected chi connectivity index (χ0v) is 19.2. The third kappa shape index (κ3) is 5.04. The Morgan fingerprint density at radius 1 is 1.12 bits per heavy atom. The summed E-state index contributed by atoms with van der Waals surface area (Å²) in [5.74, 6) is 1.03. The normalized spacial score (nSPS) is 10.6. The van der Waals surface area contributed by atoms with Crippen LogP contribution in [0.5, 0.6) is 5.75 Å². The van der Waals surface area contributed by atoms with Gasteiger partial charge in [0.25, 0.3) is 5.69 Å². The van der Waals surface area contributed by atoms with Crippen LogP contribution in [0.2, 0.25) is 0 Å². The molecule has 10 nitrogen and oxygen atoms in total. The molecule has 2 aromatic carbocycles. The maximum atomic E-state index is 12.6. The highest BCUT2D eigenvalue weighted by Gasteiger charge is 2.18. The van der Waals surface area contributed by atoms with Crippen molar-refractivity contribution in [1.29, 1.82) is 0 Å². The minimum Gasteiger partial charge on any atom is -0.497 e. The molecule has 34 heavy (non-hydrogen) atoms. The van der Waals surface area contributed by atoms with E-state index in [9.17, 15) is 14.9 Å². The fourth-order valence-electron chi connectivity index (χ4n) is 3.19. The van der Waals surface area contributed by atoms with Gasteiger partial charge in [0.2, 0.25) is 5.91 Å². The van der Waals surface area contributed by atoms with Gasteiger partial charge in [-0.1, -0.05) is 17.8 Å². The lowest BCUT2D eigenvalue weighted by Gasteiger charge is -2.11. The highest BCUT2D eigenvalue weighted by atomic mass is 32.2. The molecule has 4 aromatic rings. The minimum absolute atomic E-state index is 0.0345. The van der Waals surface area contributed by atoms with Crippen molar-refractivity contribution in [3.05, 3.63) is 82.7 Å². The molecule has 0 aliphatic rings. The van der Waals surface area contributed by atoms with Crippen LogP contribution in [0.15, 0.2) is 72.1 Å². The Kier molecular flexibility index (Phi) is 6.83.